The first-order chi connectivity index (χ1) is 18.1. The van der Waals surface area contributed by atoms with E-state index < -0.39 is 36.3 Å². The van der Waals surface area contributed by atoms with Crippen LogP contribution in [0.15, 0.2) is 30.5 Å². The summed E-state index contributed by atoms with van der Waals surface area (Å²) in [5.41, 5.74) is 0.943. The van der Waals surface area contributed by atoms with E-state index in [-0.39, 0.29) is 31.0 Å². The first-order valence-corrected chi connectivity index (χ1v) is 12.8. The van der Waals surface area contributed by atoms with E-state index in [2.05, 4.69) is 20.6 Å². The number of anilines is 2. The molecule has 3 fully saturated rings. The van der Waals surface area contributed by atoms with Crippen LogP contribution in [0.4, 0.5) is 29.7 Å². The van der Waals surface area contributed by atoms with Gasteiger partial charge in [0.1, 0.15) is 18.2 Å². The Labute approximate surface area is 218 Å². The van der Waals surface area contributed by atoms with Gasteiger partial charge >= 0.3 is 6.09 Å². The number of aromatic nitrogens is 2. The van der Waals surface area contributed by atoms with Crippen LogP contribution in [-0.4, -0.2) is 64.6 Å². The maximum Gasteiger partial charge on any atom is 0.415 e. The molecule has 204 valence electrons. The second-order valence-electron chi connectivity index (χ2n) is 10.3. The molecule has 1 unspecified atom stereocenters. The number of carbonyl (C=O) groups is 2. The van der Waals surface area contributed by atoms with E-state index in [0.717, 1.165) is 12.8 Å². The molecule has 2 saturated heterocycles. The Morgan fingerprint density at radius 3 is 2.74 bits per heavy atom. The number of nitrogens with one attached hydrogen (secondary N) is 2. The molecule has 38 heavy (non-hydrogen) atoms. The predicted octanol–water partition coefficient (Wildman–Crippen LogP) is 3.87. The number of hydrogen-bond donors (Lipinski definition) is 2. The van der Waals surface area contributed by atoms with Gasteiger partial charge in [-0.05, 0) is 49.8 Å². The number of rotatable bonds is 8. The van der Waals surface area contributed by atoms with Crippen molar-refractivity contribution in [2.45, 2.75) is 63.7 Å². The average molecular weight is 533 g/mol. The first kappa shape index (κ1) is 26.2. The number of amides is 2. The Balaban J connectivity index is 1.22. The molecule has 2 amide bonds. The van der Waals surface area contributed by atoms with Crippen molar-refractivity contribution in [2.75, 3.05) is 29.9 Å². The molecule has 9 nitrogen and oxygen atoms in total. The minimum absolute atomic E-state index is 0.0274. The van der Waals surface area contributed by atoms with Crippen molar-refractivity contribution in [3.63, 3.8) is 0 Å². The molecule has 1 aliphatic carbocycles. The molecule has 1 saturated carbocycles. The second-order valence-corrected chi connectivity index (χ2v) is 10.3. The Hall–Kier alpha value is -3.41. The Morgan fingerprint density at radius 2 is 2.05 bits per heavy atom. The van der Waals surface area contributed by atoms with Gasteiger partial charge in [-0.3, -0.25) is 14.6 Å². The van der Waals surface area contributed by atoms with Crippen LogP contribution in [0.5, 0.6) is 0 Å². The summed E-state index contributed by atoms with van der Waals surface area (Å²) in [6, 6.07) is 4.76. The fourth-order valence-corrected chi connectivity index (χ4v) is 5.13. The van der Waals surface area contributed by atoms with Crippen molar-refractivity contribution in [1.29, 1.82) is 0 Å². The highest BCUT2D eigenvalue weighted by Gasteiger charge is 2.45. The monoisotopic (exact) mass is 532 g/mol. The van der Waals surface area contributed by atoms with Crippen LogP contribution in [0.2, 0.25) is 0 Å². The summed E-state index contributed by atoms with van der Waals surface area (Å²) < 4.78 is 49.2. The van der Waals surface area contributed by atoms with E-state index >= 15 is 0 Å². The van der Waals surface area contributed by atoms with Gasteiger partial charge in [0.15, 0.2) is 0 Å². The van der Waals surface area contributed by atoms with E-state index in [1.165, 1.54) is 17.9 Å². The third kappa shape index (κ3) is 5.69. The molecule has 3 aliphatic rings. The zero-order valence-electron chi connectivity index (χ0n) is 21.3. The van der Waals surface area contributed by atoms with Crippen LogP contribution < -0.4 is 15.5 Å². The van der Waals surface area contributed by atoms with E-state index in [0.29, 0.717) is 36.0 Å². The van der Waals surface area contributed by atoms with Gasteiger partial charge < -0.3 is 15.4 Å². The predicted molar refractivity (Wildman–Crippen MR) is 133 cm³/mol. The average Bonchev–Trinajstić information content (AvgIpc) is 3.63. The van der Waals surface area contributed by atoms with Gasteiger partial charge in [-0.25, -0.2) is 22.9 Å². The van der Waals surface area contributed by atoms with Crippen LogP contribution in [0, 0.1) is 11.7 Å². The smallest absolute Gasteiger partial charge is 0.415 e. The van der Waals surface area contributed by atoms with Crippen molar-refractivity contribution in [2.24, 2.45) is 5.92 Å². The number of alkyl halides is 2. The number of likely N-dealkylation sites (tertiary alicyclic amines) is 1. The lowest BCUT2D eigenvalue weighted by Crippen LogP contribution is -2.57. The highest BCUT2D eigenvalue weighted by Crippen LogP contribution is 2.39. The second kappa shape index (κ2) is 10.4. The molecule has 1 aromatic carbocycles. The van der Waals surface area contributed by atoms with Gasteiger partial charge in [-0.2, -0.15) is 4.98 Å². The molecular formula is C26H31F3N6O3. The number of hydrogen-bond acceptors (Lipinski definition) is 7. The molecule has 3 atom stereocenters. The van der Waals surface area contributed by atoms with Crippen LogP contribution in [-0.2, 0) is 16.1 Å². The summed E-state index contributed by atoms with van der Waals surface area (Å²) in [6.07, 6.45) is 3.34. The van der Waals surface area contributed by atoms with Crippen molar-refractivity contribution in [3.05, 3.63) is 47.4 Å². The fraction of sp³-hybridized carbons (Fsp3) is 0.538. The summed E-state index contributed by atoms with van der Waals surface area (Å²) in [4.78, 5) is 35.3. The van der Waals surface area contributed by atoms with Crippen molar-refractivity contribution >= 4 is 23.8 Å². The largest absolute Gasteiger partial charge is 0.447 e. The highest BCUT2D eigenvalue weighted by atomic mass is 19.3. The van der Waals surface area contributed by atoms with Crippen LogP contribution >= 0.6 is 0 Å². The summed E-state index contributed by atoms with van der Waals surface area (Å²) in [5, 5.41) is 5.45. The normalized spacial score (nSPS) is 24.1. The molecule has 0 spiro atoms. The quantitative estimate of drug-likeness (QED) is 0.533. The zero-order valence-corrected chi connectivity index (χ0v) is 21.3. The lowest BCUT2D eigenvalue weighted by Gasteiger charge is -2.38. The standard InChI is InChI=1S/C26H31F3N6O3/c1-15(31-24-30-9-7-23(33-24)35-21(17-3-4-17)13-38-25(35)37)18-5-6-19(20(27)11-18)12-34-10-8-22(32-16(2)36)26(28,29)14-34/h5-7,9,11,15,17,21-22H,3-4,8,10,12-14H2,1-2H3,(H,32,36)(H,30,31,33)/t15-,21+,22?/m0/s1. The van der Waals surface area contributed by atoms with Gasteiger partial charge in [0.05, 0.1) is 24.7 Å². The first-order valence-electron chi connectivity index (χ1n) is 12.8. The zero-order chi connectivity index (χ0) is 27.0. The molecule has 5 rings (SSSR count). The number of benzene rings is 1. The van der Waals surface area contributed by atoms with Gasteiger partial charge in [-0.1, -0.05) is 12.1 Å². The molecular weight excluding hydrogens is 501 g/mol. The van der Waals surface area contributed by atoms with Crippen LogP contribution in [0.3, 0.4) is 0 Å². The number of cyclic esters (lactones) is 1. The van der Waals surface area contributed by atoms with Gasteiger partial charge in [0.2, 0.25) is 11.9 Å². The minimum atomic E-state index is -3.10. The summed E-state index contributed by atoms with van der Waals surface area (Å²) in [6.45, 7) is 3.19. The number of piperidine rings is 1. The van der Waals surface area contributed by atoms with E-state index in [1.807, 2.05) is 6.92 Å². The maximum absolute atomic E-state index is 15.0. The van der Waals surface area contributed by atoms with Crippen LogP contribution in [0.1, 0.15) is 50.3 Å². The SMILES string of the molecule is CC(=O)NC1CCN(Cc2ccc([C@H](C)Nc3nccc(N4C(=O)OC[C@@H]4C4CC4)n3)cc2F)CC1(F)F. The number of nitrogens with zero attached hydrogens (tertiary/aromatic N) is 4. The minimum Gasteiger partial charge on any atom is -0.447 e. The lowest BCUT2D eigenvalue weighted by molar-refractivity contribution is -0.129. The van der Waals surface area contributed by atoms with E-state index in [1.54, 1.807) is 29.3 Å². The van der Waals surface area contributed by atoms with Gasteiger partial charge in [0, 0.05) is 31.8 Å². The Morgan fingerprint density at radius 1 is 1.26 bits per heavy atom. The third-order valence-electron chi connectivity index (χ3n) is 7.33. The summed E-state index contributed by atoms with van der Waals surface area (Å²) in [7, 11) is 0. The van der Waals surface area contributed by atoms with E-state index in [4.69, 9.17) is 4.74 Å². The van der Waals surface area contributed by atoms with Crippen LogP contribution in [0.25, 0.3) is 0 Å². The molecule has 0 radical (unpaired) electrons. The number of ether oxygens (including phenoxy) is 1. The topological polar surface area (TPSA) is 99.7 Å². The Bertz CT molecular complexity index is 1210. The molecule has 12 heteroatoms. The van der Waals surface area contributed by atoms with Gasteiger partial charge in [-0.15, -0.1) is 0 Å². The van der Waals surface area contributed by atoms with Gasteiger partial charge in [0.25, 0.3) is 5.92 Å². The van der Waals surface area contributed by atoms with E-state index in [9.17, 15) is 22.8 Å². The molecule has 2 aliphatic heterocycles. The lowest BCUT2D eigenvalue weighted by atomic mass is 9.99. The van der Waals surface area contributed by atoms with Crippen molar-refractivity contribution in [3.8, 4) is 0 Å². The summed E-state index contributed by atoms with van der Waals surface area (Å²) >= 11 is 0. The Kier molecular flexibility index (Phi) is 7.17. The highest BCUT2D eigenvalue weighted by molar-refractivity contribution is 5.89. The molecule has 3 heterocycles. The molecule has 0 bridgehead atoms. The fourth-order valence-electron chi connectivity index (χ4n) is 5.13. The summed E-state index contributed by atoms with van der Waals surface area (Å²) in [5.74, 6) is -2.93. The van der Waals surface area contributed by atoms with Crippen molar-refractivity contribution < 1.29 is 27.5 Å². The number of carbonyl (C=O) groups excluding carboxylic acids is 2. The third-order valence-corrected chi connectivity index (χ3v) is 7.33. The molecule has 2 aromatic rings. The number of halogens is 3. The molecule has 1 aromatic heterocycles. The van der Waals surface area contributed by atoms with Crippen molar-refractivity contribution in [1.82, 2.24) is 20.2 Å². The maximum atomic E-state index is 15.0. The molecule has 2 N–H and O–H groups in total.